The molecule has 2 aliphatic rings. The lowest BCUT2D eigenvalue weighted by Crippen LogP contribution is -2.43. The summed E-state index contributed by atoms with van der Waals surface area (Å²) in [6.07, 6.45) is 2.07. The van der Waals surface area contributed by atoms with Gasteiger partial charge in [-0.3, -0.25) is 13.9 Å². The highest BCUT2D eigenvalue weighted by Crippen LogP contribution is 2.25. The number of aryl methyl sites for hydroxylation is 1. The number of sulfonamides is 1. The first kappa shape index (κ1) is 21.3. The summed E-state index contributed by atoms with van der Waals surface area (Å²) in [7, 11) is -3.25. The highest BCUT2D eigenvalue weighted by Gasteiger charge is 2.30. The van der Waals surface area contributed by atoms with Gasteiger partial charge in [-0.25, -0.2) is 13.4 Å². The SMILES string of the molecule is Cc1cccc(NC(=O)C2CCCN(C(=O)c3ccc(N4CCCS4(=O)=O)cc3)C2)n1. The number of anilines is 2. The van der Waals surface area contributed by atoms with E-state index in [0.29, 0.717) is 49.5 Å². The molecule has 3 heterocycles. The largest absolute Gasteiger partial charge is 0.338 e. The average Bonchev–Trinajstić information content (AvgIpc) is 3.12. The molecule has 2 aliphatic heterocycles. The van der Waals surface area contributed by atoms with Gasteiger partial charge in [-0.15, -0.1) is 0 Å². The van der Waals surface area contributed by atoms with Crippen molar-refractivity contribution in [1.29, 1.82) is 0 Å². The van der Waals surface area contributed by atoms with Crippen LogP contribution in [0.15, 0.2) is 42.5 Å². The normalized spacial score (nSPS) is 20.5. The Hall–Kier alpha value is -2.94. The Kier molecular flexibility index (Phi) is 5.95. The number of nitrogens with zero attached hydrogens (tertiary/aromatic N) is 3. The van der Waals surface area contributed by atoms with E-state index in [0.717, 1.165) is 12.1 Å². The van der Waals surface area contributed by atoms with Crippen LogP contribution < -0.4 is 9.62 Å². The van der Waals surface area contributed by atoms with E-state index in [1.54, 1.807) is 35.2 Å². The maximum Gasteiger partial charge on any atom is 0.253 e. The predicted octanol–water partition coefficient (Wildman–Crippen LogP) is 2.42. The second-order valence-corrected chi connectivity index (χ2v) is 10.0. The van der Waals surface area contributed by atoms with E-state index in [4.69, 9.17) is 0 Å². The molecule has 1 N–H and O–H groups in total. The van der Waals surface area contributed by atoms with Gasteiger partial charge in [0, 0.05) is 30.9 Å². The number of benzene rings is 1. The lowest BCUT2D eigenvalue weighted by atomic mass is 9.96. The van der Waals surface area contributed by atoms with Crippen LogP contribution in [0.2, 0.25) is 0 Å². The Morgan fingerprint density at radius 2 is 1.84 bits per heavy atom. The van der Waals surface area contributed by atoms with E-state index in [9.17, 15) is 18.0 Å². The molecule has 2 fully saturated rings. The van der Waals surface area contributed by atoms with E-state index < -0.39 is 10.0 Å². The van der Waals surface area contributed by atoms with Crippen molar-refractivity contribution in [3.8, 4) is 0 Å². The van der Waals surface area contributed by atoms with E-state index >= 15 is 0 Å². The molecule has 4 rings (SSSR count). The summed E-state index contributed by atoms with van der Waals surface area (Å²) in [5.74, 6) is 0.0883. The molecule has 2 amide bonds. The molecule has 9 heteroatoms. The van der Waals surface area contributed by atoms with Crippen LogP contribution in [0.1, 0.15) is 35.3 Å². The molecule has 164 valence electrons. The molecule has 1 atom stereocenters. The third kappa shape index (κ3) is 4.71. The van der Waals surface area contributed by atoms with Crippen molar-refractivity contribution >= 4 is 33.3 Å². The highest BCUT2D eigenvalue weighted by atomic mass is 32.2. The molecule has 2 saturated heterocycles. The van der Waals surface area contributed by atoms with Gasteiger partial charge in [-0.05, 0) is 62.6 Å². The van der Waals surface area contributed by atoms with Gasteiger partial charge in [-0.2, -0.15) is 0 Å². The Morgan fingerprint density at radius 3 is 2.52 bits per heavy atom. The summed E-state index contributed by atoms with van der Waals surface area (Å²) in [5, 5.41) is 2.85. The number of nitrogens with one attached hydrogen (secondary N) is 1. The number of hydrogen-bond donors (Lipinski definition) is 1. The number of carbonyl (C=O) groups excluding carboxylic acids is 2. The summed E-state index contributed by atoms with van der Waals surface area (Å²) in [6, 6.07) is 12.1. The number of pyridine rings is 1. The molecule has 1 unspecified atom stereocenters. The van der Waals surface area contributed by atoms with Crippen LogP contribution in [0.5, 0.6) is 0 Å². The smallest absolute Gasteiger partial charge is 0.253 e. The zero-order valence-corrected chi connectivity index (χ0v) is 18.3. The van der Waals surface area contributed by atoms with Gasteiger partial charge in [0.2, 0.25) is 15.9 Å². The third-order valence-corrected chi connectivity index (χ3v) is 7.59. The molecule has 0 saturated carbocycles. The van der Waals surface area contributed by atoms with Crippen LogP contribution in [0, 0.1) is 12.8 Å². The van der Waals surface area contributed by atoms with Crippen LogP contribution >= 0.6 is 0 Å². The summed E-state index contributed by atoms with van der Waals surface area (Å²) < 4.78 is 25.6. The molecular weight excluding hydrogens is 416 g/mol. The van der Waals surface area contributed by atoms with Crippen LogP contribution in [-0.4, -0.2) is 55.5 Å². The number of hydrogen-bond acceptors (Lipinski definition) is 5. The van der Waals surface area contributed by atoms with Gasteiger partial charge in [0.1, 0.15) is 5.82 Å². The minimum atomic E-state index is -3.25. The summed E-state index contributed by atoms with van der Waals surface area (Å²) in [4.78, 5) is 31.7. The van der Waals surface area contributed by atoms with Gasteiger partial charge in [-0.1, -0.05) is 6.07 Å². The summed E-state index contributed by atoms with van der Waals surface area (Å²) >= 11 is 0. The van der Waals surface area contributed by atoms with Crippen molar-refractivity contribution in [2.75, 3.05) is 35.0 Å². The topological polar surface area (TPSA) is 99.7 Å². The number of likely N-dealkylation sites (tertiary alicyclic amines) is 1. The Labute approximate surface area is 182 Å². The van der Waals surface area contributed by atoms with Crippen molar-refractivity contribution in [2.45, 2.75) is 26.2 Å². The Bertz CT molecular complexity index is 1080. The summed E-state index contributed by atoms with van der Waals surface area (Å²) in [6.45, 7) is 3.27. The first-order chi connectivity index (χ1) is 14.8. The van der Waals surface area contributed by atoms with E-state index in [1.807, 2.05) is 19.1 Å². The molecule has 0 spiro atoms. The zero-order chi connectivity index (χ0) is 22.0. The number of aromatic nitrogens is 1. The first-order valence-corrected chi connectivity index (χ1v) is 12.1. The van der Waals surface area contributed by atoms with Gasteiger partial charge >= 0.3 is 0 Å². The predicted molar refractivity (Wildman–Crippen MR) is 118 cm³/mol. The van der Waals surface area contributed by atoms with Gasteiger partial charge in [0.05, 0.1) is 17.4 Å². The molecule has 1 aromatic carbocycles. The first-order valence-electron chi connectivity index (χ1n) is 10.5. The fraction of sp³-hybridized carbons (Fsp3) is 0.409. The highest BCUT2D eigenvalue weighted by molar-refractivity contribution is 7.93. The molecular formula is C22H26N4O4S. The molecule has 0 bridgehead atoms. The Balaban J connectivity index is 1.41. The van der Waals surface area contributed by atoms with Crippen molar-refractivity contribution in [2.24, 2.45) is 5.92 Å². The van der Waals surface area contributed by atoms with Gasteiger partial charge in [0.15, 0.2) is 0 Å². The molecule has 1 aromatic heterocycles. The van der Waals surface area contributed by atoms with Gasteiger partial charge in [0.25, 0.3) is 5.91 Å². The molecule has 8 nitrogen and oxygen atoms in total. The minimum absolute atomic E-state index is 0.134. The molecule has 31 heavy (non-hydrogen) atoms. The second kappa shape index (κ2) is 8.66. The lowest BCUT2D eigenvalue weighted by Gasteiger charge is -2.32. The number of piperidine rings is 1. The van der Waals surface area contributed by atoms with Crippen LogP contribution in [0.4, 0.5) is 11.5 Å². The second-order valence-electron chi connectivity index (χ2n) is 8.03. The fourth-order valence-corrected chi connectivity index (χ4v) is 5.66. The Morgan fingerprint density at radius 1 is 1.06 bits per heavy atom. The quantitative estimate of drug-likeness (QED) is 0.784. The van der Waals surface area contributed by atoms with Crippen molar-refractivity contribution in [3.05, 3.63) is 53.7 Å². The van der Waals surface area contributed by atoms with E-state index in [-0.39, 0.29) is 23.5 Å². The number of rotatable bonds is 4. The van der Waals surface area contributed by atoms with Crippen LogP contribution in [0.25, 0.3) is 0 Å². The van der Waals surface area contributed by atoms with Crippen LogP contribution in [0.3, 0.4) is 0 Å². The average molecular weight is 443 g/mol. The monoisotopic (exact) mass is 442 g/mol. The van der Waals surface area contributed by atoms with E-state index in [2.05, 4.69) is 10.3 Å². The maximum atomic E-state index is 13.0. The number of amides is 2. The van der Waals surface area contributed by atoms with Crippen molar-refractivity contribution < 1.29 is 18.0 Å². The van der Waals surface area contributed by atoms with E-state index in [1.165, 1.54) is 4.31 Å². The van der Waals surface area contributed by atoms with Gasteiger partial charge < -0.3 is 10.2 Å². The third-order valence-electron chi connectivity index (χ3n) is 5.72. The van der Waals surface area contributed by atoms with Crippen LogP contribution in [-0.2, 0) is 14.8 Å². The fourth-order valence-electron chi connectivity index (χ4n) is 4.10. The van der Waals surface area contributed by atoms with Crippen molar-refractivity contribution in [3.63, 3.8) is 0 Å². The molecule has 0 radical (unpaired) electrons. The summed E-state index contributed by atoms with van der Waals surface area (Å²) in [5.41, 5.74) is 1.89. The minimum Gasteiger partial charge on any atom is -0.338 e. The lowest BCUT2D eigenvalue weighted by molar-refractivity contribution is -0.121. The van der Waals surface area contributed by atoms with Crippen molar-refractivity contribution in [1.82, 2.24) is 9.88 Å². The molecule has 0 aliphatic carbocycles. The maximum absolute atomic E-state index is 13.0. The standard InChI is InChI=1S/C22H26N4O4S/c1-16-5-2-7-20(23-16)24-21(27)18-6-3-12-25(15-18)22(28)17-8-10-19(11-9-17)26-13-4-14-31(26,29)30/h2,5,7-11,18H,3-4,6,12-15H2,1H3,(H,23,24,27). The molecule has 2 aromatic rings. The zero-order valence-electron chi connectivity index (χ0n) is 17.5. The number of carbonyl (C=O) groups is 2.